The van der Waals surface area contributed by atoms with Crippen molar-refractivity contribution in [1.82, 2.24) is 10.1 Å². The molecule has 2 N–H and O–H groups in total. The minimum Gasteiger partial charge on any atom is -0.509 e. The summed E-state index contributed by atoms with van der Waals surface area (Å²) in [5.74, 6) is 0.00278. The molecular weight excluding hydrogens is 372 g/mol. The van der Waals surface area contributed by atoms with Crippen LogP contribution in [0.4, 0.5) is 0 Å². The summed E-state index contributed by atoms with van der Waals surface area (Å²) in [5.41, 5.74) is 3.20. The zero-order chi connectivity index (χ0) is 20.8. The number of aliphatic hydroxyl groups is 1. The van der Waals surface area contributed by atoms with Gasteiger partial charge in [-0.1, -0.05) is 17.7 Å². The van der Waals surface area contributed by atoms with Crippen LogP contribution in [0.15, 0.2) is 17.9 Å². The zero-order valence-electron chi connectivity index (χ0n) is 17.4. The molecule has 0 aromatic heterocycles. The van der Waals surface area contributed by atoms with Crippen molar-refractivity contribution in [3.05, 3.63) is 40.1 Å². The van der Waals surface area contributed by atoms with Crippen LogP contribution in [0.25, 0.3) is 5.57 Å². The smallest absolute Gasteiger partial charge is 0.282 e. The van der Waals surface area contributed by atoms with E-state index in [1.54, 1.807) is 0 Å². The predicted octanol–water partition coefficient (Wildman–Crippen LogP) is 2.92. The first-order valence-electron chi connectivity index (χ1n) is 10.3. The number of amides is 1. The fourth-order valence-electron chi connectivity index (χ4n) is 4.91. The molecule has 7 nitrogen and oxygen atoms in total. The van der Waals surface area contributed by atoms with Gasteiger partial charge in [-0.2, -0.15) is 5.06 Å². The van der Waals surface area contributed by atoms with Gasteiger partial charge in [-0.25, -0.2) is 5.06 Å². The molecule has 1 aromatic rings. The van der Waals surface area contributed by atoms with E-state index in [2.05, 4.69) is 0 Å². The lowest BCUT2D eigenvalue weighted by Gasteiger charge is -2.42. The van der Waals surface area contributed by atoms with Gasteiger partial charge < -0.3 is 15.1 Å². The SMILES string of the molecule is Cc1cc(C)c(C2=C(O)C3(CCN(O)CC3)N(OCC3CCOC3)C2=O)c(C)c1. The first kappa shape index (κ1) is 20.3. The monoisotopic (exact) mass is 402 g/mol. The number of aryl methyl sites for hydroxylation is 3. The van der Waals surface area contributed by atoms with Crippen LogP contribution in [-0.4, -0.2) is 64.8 Å². The van der Waals surface area contributed by atoms with Crippen LogP contribution in [0.5, 0.6) is 0 Å². The number of rotatable bonds is 4. The second-order valence-electron chi connectivity index (χ2n) is 8.61. The summed E-state index contributed by atoms with van der Waals surface area (Å²) in [7, 11) is 0. The van der Waals surface area contributed by atoms with Crippen molar-refractivity contribution in [2.75, 3.05) is 32.9 Å². The van der Waals surface area contributed by atoms with Gasteiger partial charge in [0.05, 0.1) is 18.8 Å². The summed E-state index contributed by atoms with van der Waals surface area (Å²) in [4.78, 5) is 19.6. The van der Waals surface area contributed by atoms with Crippen molar-refractivity contribution in [2.45, 2.75) is 45.6 Å². The number of hydroxylamine groups is 4. The van der Waals surface area contributed by atoms with Crippen LogP contribution >= 0.6 is 0 Å². The lowest BCUT2D eigenvalue weighted by Crippen LogP contribution is -2.54. The molecule has 2 saturated heterocycles. The minimum absolute atomic E-state index is 0.0633. The Bertz CT molecular complexity index is 813. The highest BCUT2D eigenvalue weighted by atomic mass is 16.7. The van der Waals surface area contributed by atoms with Crippen LogP contribution in [0.2, 0.25) is 0 Å². The lowest BCUT2D eigenvalue weighted by molar-refractivity contribution is -0.232. The Kier molecular flexibility index (Phi) is 5.42. The minimum atomic E-state index is -0.936. The van der Waals surface area contributed by atoms with E-state index in [4.69, 9.17) is 9.57 Å². The molecule has 1 atom stereocenters. The molecule has 4 rings (SSSR count). The summed E-state index contributed by atoms with van der Waals surface area (Å²) in [6.07, 6.45) is 1.73. The second kappa shape index (κ2) is 7.72. The van der Waals surface area contributed by atoms with Gasteiger partial charge in [0.25, 0.3) is 5.91 Å². The highest BCUT2D eigenvalue weighted by molar-refractivity contribution is 6.23. The second-order valence-corrected chi connectivity index (χ2v) is 8.61. The predicted molar refractivity (Wildman–Crippen MR) is 107 cm³/mol. The average Bonchev–Trinajstić information content (AvgIpc) is 3.24. The number of hydrogen-bond acceptors (Lipinski definition) is 6. The fraction of sp³-hybridized carbons (Fsp3) is 0.591. The van der Waals surface area contributed by atoms with Gasteiger partial charge in [0, 0.05) is 25.6 Å². The van der Waals surface area contributed by atoms with Gasteiger partial charge in [0.2, 0.25) is 0 Å². The molecule has 158 valence electrons. The van der Waals surface area contributed by atoms with Crippen molar-refractivity contribution in [3.8, 4) is 0 Å². The van der Waals surface area contributed by atoms with Gasteiger partial charge in [0.15, 0.2) is 0 Å². The molecule has 3 aliphatic heterocycles. The van der Waals surface area contributed by atoms with Crippen molar-refractivity contribution >= 4 is 11.5 Å². The Morgan fingerprint density at radius 2 is 1.86 bits per heavy atom. The van der Waals surface area contributed by atoms with E-state index in [0.29, 0.717) is 51.3 Å². The first-order chi connectivity index (χ1) is 13.8. The van der Waals surface area contributed by atoms with Crippen molar-refractivity contribution in [3.63, 3.8) is 0 Å². The number of aliphatic hydroxyl groups excluding tert-OH is 1. The third-order valence-electron chi connectivity index (χ3n) is 6.42. The Morgan fingerprint density at radius 1 is 1.21 bits per heavy atom. The number of carbonyl (C=O) groups excluding carboxylic acids is 1. The molecule has 7 heteroatoms. The number of nitrogens with zero attached hydrogens (tertiary/aromatic N) is 2. The van der Waals surface area contributed by atoms with Crippen molar-refractivity contribution < 1.29 is 24.7 Å². The van der Waals surface area contributed by atoms with Gasteiger partial charge in [0.1, 0.15) is 11.3 Å². The van der Waals surface area contributed by atoms with Crippen molar-refractivity contribution in [2.24, 2.45) is 5.92 Å². The Balaban J connectivity index is 1.73. The van der Waals surface area contributed by atoms with E-state index in [-0.39, 0.29) is 17.6 Å². The van der Waals surface area contributed by atoms with Gasteiger partial charge in [-0.15, -0.1) is 0 Å². The number of piperidine rings is 1. The Labute approximate surface area is 171 Å². The molecule has 0 radical (unpaired) electrons. The number of benzene rings is 1. The molecule has 2 fully saturated rings. The topological polar surface area (TPSA) is 82.5 Å². The van der Waals surface area contributed by atoms with E-state index in [0.717, 1.165) is 28.7 Å². The number of hydrogen-bond donors (Lipinski definition) is 2. The van der Waals surface area contributed by atoms with E-state index < -0.39 is 5.54 Å². The van der Waals surface area contributed by atoms with Crippen LogP contribution in [-0.2, 0) is 14.4 Å². The summed E-state index contributed by atoms with van der Waals surface area (Å²) >= 11 is 0. The van der Waals surface area contributed by atoms with Crippen molar-refractivity contribution in [1.29, 1.82) is 0 Å². The molecule has 1 amide bonds. The van der Waals surface area contributed by atoms with E-state index in [1.165, 1.54) is 10.1 Å². The van der Waals surface area contributed by atoms with E-state index >= 15 is 0 Å². The molecule has 3 heterocycles. The van der Waals surface area contributed by atoms with Crippen LogP contribution in [0.3, 0.4) is 0 Å². The number of ether oxygens (including phenoxy) is 1. The quantitative estimate of drug-likeness (QED) is 0.806. The molecule has 0 aliphatic carbocycles. The maximum Gasteiger partial charge on any atom is 0.282 e. The van der Waals surface area contributed by atoms with Gasteiger partial charge >= 0.3 is 0 Å². The lowest BCUT2D eigenvalue weighted by atomic mass is 9.85. The van der Waals surface area contributed by atoms with Crippen LogP contribution in [0, 0.1) is 26.7 Å². The highest BCUT2D eigenvalue weighted by Crippen LogP contribution is 2.46. The molecular formula is C22H30N2O5. The molecule has 0 bridgehead atoms. The molecule has 3 aliphatic rings. The summed E-state index contributed by atoms with van der Waals surface area (Å²) in [6.45, 7) is 8.39. The third-order valence-corrected chi connectivity index (χ3v) is 6.42. The Hall–Kier alpha value is -1.93. The highest BCUT2D eigenvalue weighted by Gasteiger charge is 2.55. The van der Waals surface area contributed by atoms with Gasteiger partial charge in [-0.3, -0.25) is 9.63 Å². The third kappa shape index (κ3) is 3.46. The summed E-state index contributed by atoms with van der Waals surface area (Å²) < 4.78 is 5.42. The maximum atomic E-state index is 13.5. The molecule has 29 heavy (non-hydrogen) atoms. The summed E-state index contributed by atoms with van der Waals surface area (Å²) in [6, 6.07) is 4.05. The maximum absolute atomic E-state index is 13.5. The zero-order valence-corrected chi connectivity index (χ0v) is 17.4. The molecule has 0 saturated carbocycles. The van der Waals surface area contributed by atoms with Crippen LogP contribution in [0.1, 0.15) is 41.5 Å². The van der Waals surface area contributed by atoms with E-state index in [1.807, 2.05) is 32.9 Å². The first-order valence-corrected chi connectivity index (χ1v) is 10.3. The molecule has 1 spiro atoms. The molecule has 1 aromatic carbocycles. The van der Waals surface area contributed by atoms with Crippen LogP contribution < -0.4 is 0 Å². The normalized spacial score (nSPS) is 24.9. The van der Waals surface area contributed by atoms with E-state index in [9.17, 15) is 15.1 Å². The largest absolute Gasteiger partial charge is 0.509 e. The standard InChI is InChI=1S/C22H30N2O5/c1-14-10-15(2)18(16(3)11-14)19-20(25)22(5-7-23(27)8-6-22)24(21(19)26)29-13-17-4-9-28-12-17/h10-11,17,25,27H,4-9,12-13H2,1-3H3. The number of carbonyl (C=O) groups is 1. The van der Waals surface area contributed by atoms with Gasteiger partial charge in [-0.05, 0) is 56.7 Å². The fourth-order valence-corrected chi connectivity index (χ4v) is 4.91. The summed E-state index contributed by atoms with van der Waals surface area (Å²) in [5, 5.41) is 23.9. The molecule has 1 unspecified atom stereocenters. The Morgan fingerprint density at radius 3 is 2.45 bits per heavy atom. The average molecular weight is 402 g/mol.